The Morgan fingerprint density at radius 3 is 2.59 bits per heavy atom. The first-order valence-electron chi connectivity index (χ1n) is 10.1. The van der Waals surface area contributed by atoms with E-state index in [0.29, 0.717) is 31.5 Å². The number of hydrogen-bond donors (Lipinski definition) is 0. The Kier molecular flexibility index (Phi) is 5.58. The first-order valence-corrected chi connectivity index (χ1v) is 10.5. The van der Waals surface area contributed by atoms with E-state index in [2.05, 4.69) is 0 Å². The first-order chi connectivity index (χ1) is 13.9. The minimum atomic E-state index is -0.437. The molecule has 0 spiro atoms. The van der Waals surface area contributed by atoms with E-state index in [-0.39, 0.29) is 34.8 Å². The quantitative estimate of drug-likeness (QED) is 0.688. The zero-order chi connectivity index (χ0) is 20.7. The zero-order valence-electron chi connectivity index (χ0n) is 17.1. The van der Waals surface area contributed by atoms with Crippen molar-refractivity contribution in [2.75, 3.05) is 34.3 Å². The van der Waals surface area contributed by atoms with Crippen LogP contribution in [0.5, 0.6) is 5.75 Å². The maximum Gasteiger partial charge on any atom is 0.290 e. The van der Waals surface area contributed by atoms with Gasteiger partial charge < -0.3 is 19.3 Å². The summed E-state index contributed by atoms with van der Waals surface area (Å²) in [7, 11) is 5.54. The molecule has 3 aliphatic rings. The summed E-state index contributed by atoms with van der Waals surface area (Å²) in [6, 6.07) is 7.11. The van der Waals surface area contributed by atoms with Gasteiger partial charge in [0.25, 0.3) is 5.91 Å². The van der Waals surface area contributed by atoms with Crippen LogP contribution in [-0.2, 0) is 14.3 Å². The number of halogens is 1. The Morgan fingerprint density at radius 1 is 1.21 bits per heavy atom. The molecule has 4 rings (SSSR count). The number of rotatable bonds is 5. The van der Waals surface area contributed by atoms with Crippen molar-refractivity contribution in [1.82, 2.24) is 9.80 Å². The number of benzene rings is 1. The largest absolute Gasteiger partial charge is 0.497 e. The van der Waals surface area contributed by atoms with Crippen LogP contribution in [0, 0.1) is 5.92 Å². The molecule has 2 heterocycles. The van der Waals surface area contributed by atoms with E-state index in [0.717, 1.165) is 17.7 Å². The molecule has 0 N–H and O–H groups in total. The Labute approximate surface area is 176 Å². The molecule has 6 nitrogen and oxygen atoms in total. The average molecular weight is 419 g/mol. The highest BCUT2D eigenvalue weighted by Gasteiger charge is 2.52. The standard InChI is InChI=1S/C22H27ClN2O4/c1-24(2)10-11-25-19(13-4-7-15(28-3)8-5-13)18-20(26)16-12-14(23)6-9-17(16)29-21(18)22(25)27/h4-5,7-8,14,16-17,19H,6,9-12H2,1-3H3. The molecule has 156 valence electrons. The first kappa shape index (κ1) is 20.2. The van der Waals surface area contributed by atoms with Gasteiger partial charge in [-0.05, 0) is 51.1 Å². The molecule has 1 aliphatic carbocycles. The number of likely N-dealkylation sites (N-methyl/N-ethyl adjacent to an activating group) is 1. The van der Waals surface area contributed by atoms with Crippen LogP contribution in [0.3, 0.4) is 0 Å². The second kappa shape index (κ2) is 8.00. The van der Waals surface area contributed by atoms with E-state index in [1.807, 2.05) is 43.3 Å². The van der Waals surface area contributed by atoms with Crippen molar-refractivity contribution >= 4 is 23.3 Å². The molecule has 0 radical (unpaired) electrons. The molecule has 4 atom stereocenters. The van der Waals surface area contributed by atoms with Crippen LogP contribution < -0.4 is 4.74 Å². The van der Waals surface area contributed by atoms with Crippen LogP contribution in [0.4, 0.5) is 0 Å². The predicted octanol–water partition coefficient (Wildman–Crippen LogP) is 2.77. The monoisotopic (exact) mass is 418 g/mol. The number of alkyl halides is 1. The molecule has 29 heavy (non-hydrogen) atoms. The van der Waals surface area contributed by atoms with Gasteiger partial charge in [-0.25, -0.2) is 0 Å². The second-order valence-electron chi connectivity index (χ2n) is 8.26. The Morgan fingerprint density at radius 2 is 1.93 bits per heavy atom. The van der Waals surface area contributed by atoms with Gasteiger partial charge in [0.2, 0.25) is 0 Å². The third kappa shape index (κ3) is 3.64. The lowest BCUT2D eigenvalue weighted by atomic mass is 9.77. The number of methoxy groups -OCH3 is 1. The van der Waals surface area contributed by atoms with E-state index in [4.69, 9.17) is 21.1 Å². The summed E-state index contributed by atoms with van der Waals surface area (Å²) in [5.74, 6) is 0.525. The number of amides is 1. The van der Waals surface area contributed by atoms with Gasteiger partial charge in [0.1, 0.15) is 11.9 Å². The molecular weight excluding hydrogens is 392 g/mol. The number of hydrogen-bond acceptors (Lipinski definition) is 5. The number of carbonyl (C=O) groups is 2. The molecular formula is C22H27ClN2O4. The number of fused-ring (bicyclic) bond motifs is 1. The topological polar surface area (TPSA) is 59.1 Å². The van der Waals surface area contributed by atoms with E-state index in [1.54, 1.807) is 12.0 Å². The van der Waals surface area contributed by atoms with Crippen molar-refractivity contribution in [3.63, 3.8) is 0 Å². The Hall–Kier alpha value is -2.05. The van der Waals surface area contributed by atoms with E-state index in [9.17, 15) is 9.59 Å². The highest BCUT2D eigenvalue weighted by molar-refractivity contribution is 6.21. The van der Waals surface area contributed by atoms with Crippen LogP contribution in [0.1, 0.15) is 30.9 Å². The van der Waals surface area contributed by atoms with E-state index < -0.39 is 6.04 Å². The Balaban J connectivity index is 1.73. The van der Waals surface area contributed by atoms with Crippen LogP contribution in [0.25, 0.3) is 0 Å². The van der Waals surface area contributed by atoms with E-state index in [1.165, 1.54) is 0 Å². The third-order valence-electron chi connectivity index (χ3n) is 6.10. The van der Waals surface area contributed by atoms with Crippen molar-refractivity contribution in [2.24, 2.45) is 5.92 Å². The van der Waals surface area contributed by atoms with Crippen molar-refractivity contribution in [3.05, 3.63) is 41.2 Å². The maximum atomic E-state index is 13.5. The second-order valence-corrected chi connectivity index (χ2v) is 8.87. The van der Waals surface area contributed by atoms with Gasteiger partial charge in [-0.3, -0.25) is 9.59 Å². The number of ether oxygens (including phenoxy) is 2. The smallest absolute Gasteiger partial charge is 0.290 e. The van der Waals surface area contributed by atoms with E-state index >= 15 is 0 Å². The molecule has 0 aromatic heterocycles. The number of carbonyl (C=O) groups excluding carboxylic acids is 2. The Bertz CT molecular complexity index is 836. The molecule has 1 fully saturated rings. The lowest BCUT2D eigenvalue weighted by molar-refractivity contribution is -0.135. The summed E-state index contributed by atoms with van der Waals surface area (Å²) >= 11 is 6.35. The maximum absolute atomic E-state index is 13.5. The summed E-state index contributed by atoms with van der Waals surface area (Å²) < 4.78 is 11.4. The number of ketones is 1. The molecule has 0 bridgehead atoms. The molecule has 0 saturated heterocycles. The van der Waals surface area contributed by atoms with Crippen LogP contribution >= 0.6 is 11.6 Å². The van der Waals surface area contributed by atoms with Gasteiger partial charge >= 0.3 is 0 Å². The van der Waals surface area contributed by atoms with Crippen molar-refractivity contribution in [1.29, 1.82) is 0 Å². The highest BCUT2D eigenvalue weighted by Crippen LogP contribution is 2.47. The lowest BCUT2D eigenvalue weighted by Gasteiger charge is -2.37. The normalized spacial score (nSPS) is 29.1. The summed E-state index contributed by atoms with van der Waals surface area (Å²) in [4.78, 5) is 30.6. The van der Waals surface area contributed by atoms with Gasteiger partial charge in [-0.15, -0.1) is 11.6 Å². The van der Waals surface area contributed by atoms with Gasteiger partial charge in [-0.2, -0.15) is 0 Å². The van der Waals surface area contributed by atoms with Gasteiger partial charge in [0, 0.05) is 18.5 Å². The molecule has 4 unspecified atom stereocenters. The predicted molar refractivity (Wildman–Crippen MR) is 110 cm³/mol. The minimum absolute atomic E-state index is 0.0168. The molecule has 1 saturated carbocycles. The molecule has 1 aromatic rings. The molecule has 7 heteroatoms. The average Bonchev–Trinajstić information content (AvgIpc) is 2.99. The van der Waals surface area contributed by atoms with Crippen LogP contribution in [-0.4, -0.2) is 67.3 Å². The van der Waals surface area contributed by atoms with Crippen molar-refractivity contribution in [2.45, 2.75) is 36.8 Å². The summed E-state index contributed by atoms with van der Waals surface area (Å²) in [5.41, 5.74) is 1.38. The number of nitrogens with zero attached hydrogens (tertiary/aromatic N) is 2. The highest BCUT2D eigenvalue weighted by atomic mass is 35.5. The fraction of sp³-hybridized carbons (Fsp3) is 0.545. The fourth-order valence-corrected chi connectivity index (χ4v) is 4.85. The molecule has 2 aliphatic heterocycles. The van der Waals surface area contributed by atoms with Gasteiger partial charge in [0.05, 0.1) is 24.6 Å². The molecule has 1 aromatic carbocycles. The van der Waals surface area contributed by atoms with Crippen LogP contribution in [0.2, 0.25) is 0 Å². The summed E-state index contributed by atoms with van der Waals surface area (Å²) in [6.45, 7) is 1.21. The summed E-state index contributed by atoms with van der Waals surface area (Å²) in [5, 5.41) is -0.0210. The van der Waals surface area contributed by atoms with Crippen molar-refractivity contribution < 1.29 is 19.1 Å². The van der Waals surface area contributed by atoms with Crippen LogP contribution in [0.15, 0.2) is 35.6 Å². The zero-order valence-corrected chi connectivity index (χ0v) is 17.8. The SMILES string of the molecule is COc1ccc(C2C3=C(OC4CCC(Cl)CC4C3=O)C(=O)N2CCN(C)C)cc1. The lowest BCUT2D eigenvalue weighted by Crippen LogP contribution is -2.41. The number of Topliss-reactive ketones (excluding diaryl/α,β-unsaturated/α-hetero) is 1. The fourth-order valence-electron chi connectivity index (χ4n) is 4.53. The molecule has 1 amide bonds. The van der Waals surface area contributed by atoms with Gasteiger partial charge in [-0.1, -0.05) is 12.1 Å². The van der Waals surface area contributed by atoms with Crippen molar-refractivity contribution in [3.8, 4) is 5.75 Å². The summed E-state index contributed by atoms with van der Waals surface area (Å²) in [6.07, 6.45) is 1.87. The third-order valence-corrected chi connectivity index (χ3v) is 6.50. The van der Waals surface area contributed by atoms with Gasteiger partial charge in [0.15, 0.2) is 11.5 Å². The minimum Gasteiger partial charge on any atom is -0.497 e.